The first-order valence-electron chi connectivity index (χ1n) is 13.0. The standard InChI is InChI=1S/C31H33FN2O4/c1-4-33(5-2)17-18-34-28(23-11-13-24(32)14-12-23)27(30(36)31(34)37)29(35)26-16-15-25(19-21(26)3)38-20-22-9-7-6-8-10-22/h6-16,19,28,35H,4-5,17-18,20H2,1-3H3. The fourth-order valence-electron chi connectivity index (χ4n) is 4.84. The maximum atomic E-state index is 13.8. The number of hydrogen-bond donors (Lipinski definition) is 1. The number of aryl methyl sites for hydroxylation is 1. The van der Waals surface area contributed by atoms with E-state index in [2.05, 4.69) is 13.8 Å². The van der Waals surface area contributed by atoms with Crippen molar-refractivity contribution in [2.24, 2.45) is 0 Å². The molecule has 0 aromatic heterocycles. The summed E-state index contributed by atoms with van der Waals surface area (Å²) in [6, 6.07) is 19.6. The van der Waals surface area contributed by atoms with Crippen LogP contribution in [0.3, 0.4) is 0 Å². The molecule has 38 heavy (non-hydrogen) atoms. The van der Waals surface area contributed by atoms with E-state index in [-0.39, 0.29) is 5.57 Å². The Morgan fingerprint density at radius 1 is 1.00 bits per heavy atom. The van der Waals surface area contributed by atoms with Crippen molar-refractivity contribution in [3.63, 3.8) is 0 Å². The summed E-state index contributed by atoms with van der Waals surface area (Å²) in [7, 11) is 0. The molecular formula is C31H33FN2O4. The highest BCUT2D eigenvalue weighted by Gasteiger charge is 2.44. The number of likely N-dealkylation sites (tertiary alicyclic amines) is 1. The molecular weight excluding hydrogens is 483 g/mol. The molecule has 1 fully saturated rings. The van der Waals surface area contributed by atoms with Crippen molar-refractivity contribution in [3.05, 3.63) is 106 Å². The topological polar surface area (TPSA) is 74.1 Å². The van der Waals surface area contributed by atoms with Gasteiger partial charge in [-0.3, -0.25) is 9.59 Å². The highest BCUT2D eigenvalue weighted by Crippen LogP contribution is 2.39. The Morgan fingerprint density at radius 2 is 1.68 bits per heavy atom. The predicted molar refractivity (Wildman–Crippen MR) is 142 cm³/mol. The number of benzene rings is 3. The molecule has 0 saturated carbocycles. The highest BCUT2D eigenvalue weighted by atomic mass is 19.1. The van der Waals surface area contributed by atoms with E-state index >= 15 is 0 Å². The summed E-state index contributed by atoms with van der Waals surface area (Å²) in [6.07, 6.45) is 0. The van der Waals surface area contributed by atoms with E-state index in [1.54, 1.807) is 25.1 Å². The summed E-state index contributed by atoms with van der Waals surface area (Å²) < 4.78 is 19.6. The van der Waals surface area contributed by atoms with Gasteiger partial charge in [-0.25, -0.2) is 4.39 Å². The number of ether oxygens (including phenoxy) is 1. The molecule has 0 radical (unpaired) electrons. The molecule has 0 aliphatic carbocycles. The zero-order valence-corrected chi connectivity index (χ0v) is 22.0. The molecule has 0 spiro atoms. The molecule has 1 atom stereocenters. The Balaban J connectivity index is 1.69. The SMILES string of the molecule is CC[NH+](CC)CCN1C(=O)C(=O)C(=C([O-])c2ccc(OCc3ccccc3)cc2C)C1c1ccc(F)cc1. The first-order chi connectivity index (χ1) is 18.3. The van der Waals surface area contributed by atoms with Gasteiger partial charge in [-0.05, 0) is 67.3 Å². The maximum absolute atomic E-state index is 13.8. The minimum atomic E-state index is -0.869. The van der Waals surface area contributed by atoms with Crippen LogP contribution in [0, 0.1) is 12.7 Å². The van der Waals surface area contributed by atoms with Gasteiger partial charge in [-0.2, -0.15) is 0 Å². The Bertz CT molecular complexity index is 1320. The van der Waals surface area contributed by atoms with Gasteiger partial charge < -0.3 is 19.6 Å². The number of nitrogens with one attached hydrogen (secondary N) is 1. The first kappa shape index (κ1) is 27.1. The van der Waals surface area contributed by atoms with E-state index < -0.39 is 29.3 Å². The second kappa shape index (κ2) is 12.0. The van der Waals surface area contributed by atoms with Crippen molar-refractivity contribution in [2.75, 3.05) is 26.2 Å². The van der Waals surface area contributed by atoms with E-state index in [1.165, 1.54) is 34.1 Å². The number of nitrogens with zero attached hydrogens (tertiary/aromatic N) is 1. The average Bonchev–Trinajstić information content (AvgIpc) is 3.18. The fraction of sp³-hybridized carbons (Fsp3) is 0.290. The third-order valence-corrected chi connectivity index (χ3v) is 7.11. The number of Topliss-reactive ketones (excluding diaryl/α,β-unsaturated/α-hetero) is 1. The van der Waals surface area contributed by atoms with Crippen molar-refractivity contribution in [3.8, 4) is 5.75 Å². The summed E-state index contributed by atoms with van der Waals surface area (Å²) in [5, 5.41) is 13.8. The lowest BCUT2D eigenvalue weighted by Crippen LogP contribution is -3.12. The van der Waals surface area contributed by atoms with Crippen LogP contribution in [0.1, 0.15) is 42.1 Å². The lowest BCUT2D eigenvalue weighted by Gasteiger charge is -2.29. The van der Waals surface area contributed by atoms with E-state index in [4.69, 9.17) is 4.74 Å². The number of hydrogen-bond acceptors (Lipinski definition) is 4. The van der Waals surface area contributed by atoms with Crippen LogP contribution in [0.25, 0.3) is 5.76 Å². The average molecular weight is 517 g/mol. The van der Waals surface area contributed by atoms with Crippen molar-refractivity contribution >= 4 is 17.4 Å². The zero-order chi connectivity index (χ0) is 27.2. The van der Waals surface area contributed by atoms with Gasteiger partial charge in [0.15, 0.2) is 0 Å². The fourth-order valence-corrected chi connectivity index (χ4v) is 4.84. The molecule has 1 aliphatic heterocycles. The van der Waals surface area contributed by atoms with Crippen LogP contribution in [-0.4, -0.2) is 42.8 Å². The largest absolute Gasteiger partial charge is 0.872 e. The quantitative estimate of drug-likeness (QED) is 0.256. The number of carbonyl (C=O) groups is 2. The number of ketones is 1. The van der Waals surface area contributed by atoms with Crippen LogP contribution in [0.15, 0.2) is 78.4 Å². The zero-order valence-electron chi connectivity index (χ0n) is 22.0. The Morgan fingerprint density at radius 3 is 2.32 bits per heavy atom. The van der Waals surface area contributed by atoms with E-state index in [0.29, 0.717) is 42.1 Å². The van der Waals surface area contributed by atoms with E-state index in [1.807, 2.05) is 30.3 Å². The minimum absolute atomic E-state index is 0.0998. The summed E-state index contributed by atoms with van der Waals surface area (Å²) >= 11 is 0. The molecule has 1 aliphatic rings. The molecule has 4 rings (SSSR count). The highest BCUT2D eigenvalue weighted by molar-refractivity contribution is 6.46. The number of carbonyl (C=O) groups excluding carboxylic acids is 2. The van der Waals surface area contributed by atoms with E-state index in [0.717, 1.165) is 18.7 Å². The second-order valence-corrected chi connectivity index (χ2v) is 9.48. The van der Waals surface area contributed by atoms with Gasteiger partial charge >= 0.3 is 0 Å². The van der Waals surface area contributed by atoms with Crippen LogP contribution < -0.4 is 14.7 Å². The van der Waals surface area contributed by atoms with Crippen LogP contribution >= 0.6 is 0 Å². The van der Waals surface area contributed by atoms with Crippen LogP contribution in [0.4, 0.5) is 4.39 Å². The summed E-state index contributed by atoms with van der Waals surface area (Å²) in [5.41, 5.74) is 2.42. The lowest BCUT2D eigenvalue weighted by atomic mass is 9.94. The second-order valence-electron chi connectivity index (χ2n) is 9.48. The van der Waals surface area contributed by atoms with Crippen LogP contribution in [0.2, 0.25) is 0 Å². The smallest absolute Gasteiger partial charge is 0.295 e. The molecule has 3 aromatic carbocycles. The van der Waals surface area contributed by atoms with Gasteiger partial charge in [0.1, 0.15) is 18.2 Å². The molecule has 3 aromatic rings. The Labute approximate surface area is 223 Å². The molecule has 1 saturated heterocycles. The molecule has 1 amide bonds. The van der Waals surface area contributed by atoms with Crippen molar-refractivity contribution in [2.45, 2.75) is 33.4 Å². The van der Waals surface area contributed by atoms with Gasteiger partial charge in [0.2, 0.25) is 5.78 Å². The molecule has 1 heterocycles. The minimum Gasteiger partial charge on any atom is -0.872 e. The maximum Gasteiger partial charge on any atom is 0.295 e. The molecule has 0 bridgehead atoms. The normalized spacial score (nSPS) is 16.9. The third kappa shape index (κ3) is 5.78. The van der Waals surface area contributed by atoms with Crippen molar-refractivity contribution < 1.29 is 28.7 Å². The van der Waals surface area contributed by atoms with Crippen LogP contribution in [-0.2, 0) is 16.2 Å². The van der Waals surface area contributed by atoms with Crippen LogP contribution in [0.5, 0.6) is 5.75 Å². The number of likely N-dealkylation sites (N-methyl/N-ethyl adjacent to an activating group) is 1. The lowest BCUT2D eigenvalue weighted by molar-refractivity contribution is -0.895. The predicted octanol–water partition coefficient (Wildman–Crippen LogP) is 2.86. The van der Waals surface area contributed by atoms with Gasteiger partial charge in [0, 0.05) is 5.57 Å². The molecule has 1 N–H and O–H groups in total. The molecule has 7 heteroatoms. The van der Waals surface area contributed by atoms with Gasteiger partial charge in [-0.15, -0.1) is 0 Å². The number of halogens is 1. The first-order valence-corrected chi connectivity index (χ1v) is 13.0. The molecule has 198 valence electrons. The Hall–Kier alpha value is -3.97. The summed E-state index contributed by atoms with van der Waals surface area (Å²) in [6.45, 7) is 8.98. The number of amides is 1. The van der Waals surface area contributed by atoms with E-state index in [9.17, 15) is 19.1 Å². The third-order valence-electron chi connectivity index (χ3n) is 7.11. The van der Waals surface area contributed by atoms with Gasteiger partial charge in [0.05, 0.1) is 32.2 Å². The molecule has 1 unspecified atom stereocenters. The molecule has 6 nitrogen and oxygen atoms in total. The monoisotopic (exact) mass is 516 g/mol. The summed E-state index contributed by atoms with van der Waals surface area (Å²) in [5.74, 6) is -1.83. The van der Waals surface area contributed by atoms with Gasteiger partial charge in [0.25, 0.3) is 5.91 Å². The number of rotatable bonds is 10. The number of quaternary nitrogens is 1. The summed E-state index contributed by atoms with van der Waals surface area (Å²) in [4.78, 5) is 29.1. The van der Waals surface area contributed by atoms with Crippen molar-refractivity contribution in [1.82, 2.24) is 4.90 Å². The Kier molecular flexibility index (Phi) is 8.59. The van der Waals surface area contributed by atoms with Gasteiger partial charge in [-0.1, -0.05) is 54.3 Å². The van der Waals surface area contributed by atoms with Crippen molar-refractivity contribution in [1.29, 1.82) is 0 Å².